The van der Waals surface area contributed by atoms with E-state index in [2.05, 4.69) is 40.8 Å². The summed E-state index contributed by atoms with van der Waals surface area (Å²) in [6.45, 7) is 2.09. The number of halogens is 5. The van der Waals surface area contributed by atoms with Crippen LogP contribution in [0.25, 0.3) is 0 Å². The highest BCUT2D eigenvalue weighted by Crippen LogP contribution is 2.43. The van der Waals surface area contributed by atoms with Gasteiger partial charge in [0.05, 0.1) is 0 Å². The van der Waals surface area contributed by atoms with Gasteiger partial charge in [0.2, 0.25) is 5.75 Å². The molecule has 1 N–H and O–H groups in total. The first-order valence-corrected chi connectivity index (χ1v) is 9.85. The third-order valence-electron chi connectivity index (χ3n) is 5.74. The molecule has 1 aliphatic carbocycles. The van der Waals surface area contributed by atoms with E-state index < -0.39 is 29.9 Å². The van der Waals surface area contributed by atoms with E-state index in [0.29, 0.717) is 30.9 Å². The van der Waals surface area contributed by atoms with Crippen LogP contribution >= 0.6 is 0 Å². The van der Waals surface area contributed by atoms with E-state index in [4.69, 9.17) is 0 Å². The second-order valence-electron chi connectivity index (χ2n) is 7.59. The smallest absolute Gasteiger partial charge is 0.399 e. The van der Waals surface area contributed by atoms with Gasteiger partial charge >= 0.3 is 6.36 Å². The number of alkyl halides is 3. The van der Waals surface area contributed by atoms with Gasteiger partial charge in [-0.05, 0) is 72.8 Å². The molecule has 1 fully saturated rings. The second-order valence-corrected chi connectivity index (χ2v) is 7.59. The zero-order chi connectivity index (χ0) is 21.9. The maximum absolute atomic E-state index is 14.0. The molecule has 0 aromatic heterocycles. The minimum absolute atomic E-state index is 0.0715. The molecule has 30 heavy (non-hydrogen) atoms. The summed E-state index contributed by atoms with van der Waals surface area (Å²) in [4.78, 5) is 4.50. The molecule has 0 aliphatic heterocycles. The van der Waals surface area contributed by atoms with Crippen molar-refractivity contribution in [2.24, 2.45) is 5.92 Å². The van der Waals surface area contributed by atoms with Gasteiger partial charge in [0, 0.05) is 0 Å². The summed E-state index contributed by atoms with van der Waals surface area (Å²) < 4.78 is 68.4. The van der Waals surface area contributed by atoms with Gasteiger partial charge in [0.15, 0.2) is 11.6 Å². The Morgan fingerprint density at radius 3 is 2.03 bits per heavy atom. The number of aryl methyl sites for hydroxylation is 1. The van der Waals surface area contributed by atoms with E-state index in [9.17, 15) is 27.2 Å². The number of hydrogen-bond acceptors (Lipinski definition) is 3. The van der Waals surface area contributed by atoms with Crippen LogP contribution in [0.15, 0.2) is 36.4 Å². The summed E-state index contributed by atoms with van der Waals surface area (Å²) in [6, 6.07) is 9.82. The SMILES string of the molecule is CCc1ccc(C2CCC(C(OO)c3cc(F)c(OC(F)(F)F)c(F)c3)CC2)cc1. The largest absolute Gasteiger partial charge is 0.573 e. The molecule has 164 valence electrons. The van der Waals surface area contributed by atoms with E-state index >= 15 is 0 Å². The van der Waals surface area contributed by atoms with Crippen molar-refractivity contribution >= 4 is 0 Å². The molecule has 0 amide bonds. The monoisotopic (exact) mass is 430 g/mol. The summed E-state index contributed by atoms with van der Waals surface area (Å²) in [5, 5.41) is 9.35. The molecule has 0 radical (unpaired) electrons. The molecule has 0 bridgehead atoms. The maximum Gasteiger partial charge on any atom is 0.573 e. The van der Waals surface area contributed by atoms with Gasteiger partial charge in [-0.3, -0.25) is 5.26 Å². The van der Waals surface area contributed by atoms with Gasteiger partial charge in [-0.15, -0.1) is 13.2 Å². The number of rotatable bonds is 6. The van der Waals surface area contributed by atoms with Crippen LogP contribution in [0.1, 0.15) is 61.3 Å². The van der Waals surface area contributed by atoms with Crippen LogP contribution in [0.2, 0.25) is 0 Å². The van der Waals surface area contributed by atoms with Crippen LogP contribution in [0, 0.1) is 17.6 Å². The molecule has 0 saturated heterocycles. The van der Waals surface area contributed by atoms with E-state index in [1.807, 2.05) is 0 Å². The Morgan fingerprint density at radius 1 is 1.00 bits per heavy atom. The molecule has 1 atom stereocenters. The fourth-order valence-electron chi connectivity index (χ4n) is 4.16. The van der Waals surface area contributed by atoms with Crippen molar-refractivity contribution in [1.82, 2.24) is 0 Å². The van der Waals surface area contributed by atoms with E-state index in [1.165, 1.54) is 11.1 Å². The first-order chi connectivity index (χ1) is 14.2. The van der Waals surface area contributed by atoms with Crippen LogP contribution in [0.4, 0.5) is 22.0 Å². The van der Waals surface area contributed by atoms with Crippen molar-refractivity contribution in [2.75, 3.05) is 0 Å². The summed E-state index contributed by atoms with van der Waals surface area (Å²) in [6.07, 6.45) is -2.43. The first kappa shape index (κ1) is 22.5. The topological polar surface area (TPSA) is 38.7 Å². The lowest BCUT2D eigenvalue weighted by molar-refractivity contribution is -0.296. The fraction of sp³-hybridized carbons (Fsp3) is 0.455. The lowest BCUT2D eigenvalue weighted by Gasteiger charge is -2.33. The second kappa shape index (κ2) is 9.31. The van der Waals surface area contributed by atoms with Crippen LogP contribution in [0.5, 0.6) is 5.75 Å². The van der Waals surface area contributed by atoms with Gasteiger partial charge in [-0.25, -0.2) is 13.7 Å². The van der Waals surface area contributed by atoms with E-state index in [0.717, 1.165) is 19.3 Å². The van der Waals surface area contributed by atoms with Crippen molar-refractivity contribution < 1.29 is 36.8 Å². The van der Waals surface area contributed by atoms with Crippen molar-refractivity contribution in [3.63, 3.8) is 0 Å². The molecule has 2 aromatic carbocycles. The van der Waals surface area contributed by atoms with Crippen molar-refractivity contribution in [2.45, 2.75) is 57.4 Å². The zero-order valence-corrected chi connectivity index (χ0v) is 16.4. The summed E-state index contributed by atoms with van der Waals surface area (Å²) in [5.41, 5.74) is 2.40. The highest BCUT2D eigenvalue weighted by Gasteiger charge is 2.36. The third-order valence-corrected chi connectivity index (χ3v) is 5.74. The van der Waals surface area contributed by atoms with Gasteiger partial charge in [-0.1, -0.05) is 31.2 Å². The van der Waals surface area contributed by atoms with Crippen LogP contribution in [-0.4, -0.2) is 11.6 Å². The summed E-state index contributed by atoms with van der Waals surface area (Å²) >= 11 is 0. The average molecular weight is 430 g/mol. The minimum Gasteiger partial charge on any atom is -0.399 e. The quantitative estimate of drug-likeness (QED) is 0.307. The normalized spacial score (nSPS) is 20.8. The maximum atomic E-state index is 14.0. The number of hydrogen-bond donors (Lipinski definition) is 1. The molecule has 0 spiro atoms. The first-order valence-electron chi connectivity index (χ1n) is 9.85. The van der Waals surface area contributed by atoms with Gasteiger partial charge in [-0.2, -0.15) is 0 Å². The molecule has 3 nitrogen and oxygen atoms in total. The van der Waals surface area contributed by atoms with Gasteiger partial charge < -0.3 is 4.74 Å². The van der Waals surface area contributed by atoms with Crippen LogP contribution in [-0.2, 0) is 11.3 Å². The van der Waals surface area contributed by atoms with Crippen molar-refractivity contribution in [3.05, 3.63) is 64.7 Å². The highest BCUT2D eigenvalue weighted by atomic mass is 19.4. The van der Waals surface area contributed by atoms with Gasteiger partial charge in [0.25, 0.3) is 0 Å². The van der Waals surface area contributed by atoms with Crippen LogP contribution < -0.4 is 4.74 Å². The molecule has 1 saturated carbocycles. The molecule has 1 unspecified atom stereocenters. The highest BCUT2D eigenvalue weighted by molar-refractivity contribution is 5.33. The Morgan fingerprint density at radius 2 is 1.57 bits per heavy atom. The Balaban J connectivity index is 1.71. The molecule has 8 heteroatoms. The molecule has 2 aromatic rings. The molecule has 1 aliphatic rings. The lowest BCUT2D eigenvalue weighted by atomic mass is 9.75. The zero-order valence-electron chi connectivity index (χ0n) is 16.4. The molecule has 0 heterocycles. The number of ether oxygens (including phenoxy) is 1. The average Bonchev–Trinajstić information content (AvgIpc) is 2.71. The number of benzene rings is 2. The predicted octanol–water partition coefficient (Wildman–Crippen LogP) is 6.93. The molecular formula is C22H23F5O3. The third kappa shape index (κ3) is 5.29. The Hall–Kier alpha value is -2.19. The summed E-state index contributed by atoms with van der Waals surface area (Å²) in [7, 11) is 0. The van der Waals surface area contributed by atoms with E-state index in [1.54, 1.807) is 0 Å². The fourth-order valence-corrected chi connectivity index (χ4v) is 4.16. The molecule has 3 rings (SSSR count). The Bertz CT molecular complexity index is 820. The Kier molecular flexibility index (Phi) is 6.98. The predicted molar refractivity (Wildman–Crippen MR) is 100 cm³/mol. The van der Waals surface area contributed by atoms with Crippen LogP contribution in [0.3, 0.4) is 0 Å². The standard InChI is InChI=1S/C22H23F5O3/c1-2-13-3-5-14(6-4-13)15-7-9-16(10-8-15)20(30-28)17-11-18(23)21(19(24)12-17)29-22(25,26)27/h3-6,11-12,15-16,20,28H,2,7-10H2,1H3. The van der Waals surface area contributed by atoms with Gasteiger partial charge in [0.1, 0.15) is 6.10 Å². The summed E-state index contributed by atoms with van der Waals surface area (Å²) in [5.74, 6) is -4.43. The van der Waals surface area contributed by atoms with Crippen molar-refractivity contribution in [3.8, 4) is 5.75 Å². The lowest BCUT2D eigenvalue weighted by Crippen LogP contribution is -2.22. The van der Waals surface area contributed by atoms with E-state index in [-0.39, 0.29) is 11.5 Å². The van der Waals surface area contributed by atoms with Crippen molar-refractivity contribution in [1.29, 1.82) is 0 Å². The molecular weight excluding hydrogens is 407 g/mol. The minimum atomic E-state index is -5.22. The Labute approximate surface area is 171 Å².